The predicted molar refractivity (Wildman–Crippen MR) is 188 cm³/mol. The van der Waals surface area contributed by atoms with Gasteiger partial charge < -0.3 is 26.4 Å². The topological polar surface area (TPSA) is 174 Å². The van der Waals surface area contributed by atoms with Crippen molar-refractivity contribution in [2.75, 3.05) is 18.8 Å². The zero-order valence-electron chi connectivity index (χ0n) is 30.1. The summed E-state index contributed by atoms with van der Waals surface area (Å²) < 4.78 is 25.6. The molecule has 1 saturated heterocycles. The van der Waals surface area contributed by atoms with E-state index < -0.39 is 73.5 Å². The summed E-state index contributed by atoms with van der Waals surface area (Å²) in [5, 5.41) is 23.3. The molecule has 5 N–H and O–H groups in total. The van der Waals surface area contributed by atoms with Crippen molar-refractivity contribution >= 4 is 33.5 Å². The van der Waals surface area contributed by atoms with Crippen LogP contribution in [-0.4, -0.2) is 95.5 Å². The van der Waals surface area contributed by atoms with E-state index in [1.54, 1.807) is 25.7 Å². The summed E-state index contributed by atoms with van der Waals surface area (Å²) in [7, 11) is -3.55. The number of hydrogen-bond acceptors (Lipinski definition) is 8. The Morgan fingerprint density at radius 2 is 1.67 bits per heavy atom. The molecule has 0 aromatic heterocycles. The smallest absolute Gasteiger partial charge is 0.315 e. The number of urea groups is 1. The van der Waals surface area contributed by atoms with Crippen LogP contribution in [0.3, 0.4) is 0 Å². The van der Waals surface area contributed by atoms with Gasteiger partial charge in [0.1, 0.15) is 6.23 Å². The Morgan fingerprint density at radius 1 is 1.04 bits per heavy atom. The molecule has 1 heterocycles. The maximum Gasteiger partial charge on any atom is 0.315 e. The number of piperidine rings is 1. The number of Topliss-reactive ketones (excluding diaryl/α,β-unsaturated/α-hetero) is 1. The van der Waals surface area contributed by atoms with Gasteiger partial charge in [-0.15, -0.1) is 18.9 Å². The number of nitrogens with one attached hydrogen (secondary N) is 4. The molecule has 3 saturated carbocycles. The van der Waals surface area contributed by atoms with Crippen LogP contribution in [0.2, 0.25) is 0 Å². The lowest BCUT2D eigenvalue weighted by Crippen LogP contribution is -2.65. The fourth-order valence-corrected chi connectivity index (χ4v) is 9.57. The number of carbonyl (C=O) groups excluding carboxylic acids is 4. The van der Waals surface area contributed by atoms with Gasteiger partial charge in [0, 0.05) is 19.5 Å². The minimum Gasteiger partial charge on any atom is -0.376 e. The van der Waals surface area contributed by atoms with Crippen LogP contribution >= 0.6 is 0 Å². The van der Waals surface area contributed by atoms with Gasteiger partial charge in [-0.3, -0.25) is 19.3 Å². The summed E-state index contributed by atoms with van der Waals surface area (Å²) in [6, 6.07) is -3.34. The third-order valence-electron chi connectivity index (χ3n) is 11.2. The van der Waals surface area contributed by atoms with Crippen molar-refractivity contribution in [3.05, 3.63) is 12.7 Å². The number of ketones is 1. The fraction of sp³-hybridized carbons (Fsp3) is 0.778. The molecule has 6 atom stereocenters. The first-order chi connectivity index (χ1) is 22.7. The summed E-state index contributed by atoms with van der Waals surface area (Å²) in [5.41, 5.74) is -1.56. The van der Waals surface area contributed by atoms with Crippen LogP contribution in [0.15, 0.2) is 12.7 Å². The van der Waals surface area contributed by atoms with Crippen molar-refractivity contribution in [2.45, 2.75) is 134 Å². The van der Waals surface area contributed by atoms with Crippen LogP contribution < -0.4 is 21.3 Å². The third-order valence-corrected chi connectivity index (χ3v) is 14.0. The molecular formula is C36H57N5O7S. The highest BCUT2D eigenvalue weighted by Gasteiger charge is 2.79. The molecule has 4 unspecified atom stereocenters. The van der Waals surface area contributed by atoms with E-state index in [9.17, 15) is 32.7 Å². The Balaban J connectivity index is 1.55. The van der Waals surface area contributed by atoms with Gasteiger partial charge >= 0.3 is 6.03 Å². The second-order valence-corrected chi connectivity index (χ2v) is 19.5. The molecule has 4 aliphatic rings. The molecule has 4 fully saturated rings. The summed E-state index contributed by atoms with van der Waals surface area (Å²) in [6.45, 7) is 14.7. The maximum absolute atomic E-state index is 14.1. The molecule has 12 nitrogen and oxygen atoms in total. The van der Waals surface area contributed by atoms with Gasteiger partial charge in [-0.25, -0.2) is 13.2 Å². The first-order valence-corrected chi connectivity index (χ1v) is 19.3. The van der Waals surface area contributed by atoms with Crippen molar-refractivity contribution < 1.29 is 32.7 Å². The Morgan fingerprint density at radius 3 is 2.20 bits per heavy atom. The van der Waals surface area contributed by atoms with Crippen LogP contribution in [0.5, 0.6) is 0 Å². The molecule has 4 amide bonds. The van der Waals surface area contributed by atoms with Gasteiger partial charge in [0.15, 0.2) is 9.84 Å². The van der Waals surface area contributed by atoms with Crippen LogP contribution in [0, 0.1) is 35.0 Å². The van der Waals surface area contributed by atoms with Crippen LogP contribution in [0.4, 0.5) is 4.79 Å². The SMILES string of the molecule is C#CCCC(NC(=O)[C@@H]1C2C(CN1C(O)[C@@H](NC(=O)NC1(CS(=O)(=O)C(C)(C)C)CCCCC1)C(C)(C)C)C21CC1)C(=O)C(=O)NCC=C. The van der Waals surface area contributed by atoms with Gasteiger partial charge in [-0.1, -0.05) is 46.1 Å². The number of amides is 4. The molecule has 1 spiro atoms. The Labute approximate surface area is 292 Å². The molecule has 1 aliphatic heterocycles. The van der Waals surface area contributed by atoms with Crippen molar-refractivity contribution in [1.29, 1.82) is 0 Å². The molecule has 0 radical (unpaired) electrons. The zero-order valence-corrected chi connectivity index (χ0v) is 30.9. The Bertz CT molecular complexity index is 1450. The van der Waals surface area contributed by atoms with E-state index in [-0.39, 0.29) is 42.4 Å². The minimum atomic E-state index is -3.55. The molecule has 0 aromatic rings. The summed E-state index contributed by atoms with van der Waals surface area (Å²) >= 11 is 0. The van der Waals surface area contributed by atoms with Gasteiger partial charge in [0.25, 0.3) is 5.91 Å². The van der Waals surface area contributed by atoms with Crippen molar-refractivity contribution in [1.82, 2.24) is 26.2 Å². The third kappa shape index (κ3) is 8.34. The number of carbonyl (C=O) groups is 4. The predicted octanol–water partition coefficient (Wildman–Crippen LogP) is 2.41. The highest BCUT2D eigenvalue weighted by molar-refractivity contribution is 7.92. The standard InChI is InChI=1S/C36H57N5O7S/c1-9-11-15-24(27(42)30(44)37-20-10-2)38-29(43)26-25-23(36(25)18-19-36)21-41(26)31(45)28(33(3,4)5)39-32(46)40-35(16-13-12-14-17-35)22-49(47,48)34(6,7)8/h1,10,23-26,28,31,45H,2,11-22H2,3-8H3,(H,37,44)(H,38,43)(H2,39,40,46)/t23?,24?,25?,26-,28+,31?/m0/s1. The van der Waals surface area contributed by atoms with E-state index >= 15 is 0 Å². The van der Waals surface area contributed by atoms with Crippen molar-refractivity contribution in [3.8, 4) is 12.3 Å². The number of likely N-dealkylation sites (tertiary alicyclic amines) is 1. The highest BCUT2D eigenvalue weighted by Crippen LogP contribution is 2.79. The Kier molecular flexibility index (Phi) is 11.4. The normalized spacial score (nSPS) is 25.9. The first kappa shape index (κ1) is 38.8. The number of fused-ring (bicyclic) bond motifs is 3. The summed E-state index contributed by atoms with van der Waals surface area (Å²) in [5.74, 6) is 0.339. The van der Waals surface area contributed by atoms with E-state index in [2.05, 4.69) is 33.8 Å². The Hall–Kier alpha value is -2.95. The van der Waals surface area contributed by atoms with Crippen LogP contribution in [0.25, 0.3) is 0 Å². The number of sulfone groups is 1. The highest BCUT2D eigenvalue weighted by atomic mass is 32.2. The van der Waals surface area contributed by atoms with Gasteiger partial charge in [-0.05, 0) is 75.5 Å². The lowest BCUT2D eigenvalue weighted by atomic mass is 9.83. The number of aliphatic hydroxyl groups excluding tert-OH is 1. The second kappa shape index (κ2) is 14.3. The van der Waals surface area contributed by atoms with Crippen molar-refractivity contribution in [3.63, 3.8) is 0 Å². The number of aliphatic hydroxyl groups is 1. The molecule has 3 aliphatic carbocycles. The number of nitrogens with zero attached hydrogens (tertiary/aromatic N) is 1. The van der Waals surface area contributed by atoms with Gasteiger partial charge in [-0.2, -0.15) is 0 Å². The molecule has 49 heavy (non-hydrogen) atoms. The summed E-state index contributed by atoms with van der Waals surface area (Å²) in [4.78, 5) is 55.1. The first-order valence-electron chi connectivity index (χ1n) is 17.7. The fourth-order valence-electron chi connectivity index (χ4n) is 8.05. The molecule has 13 heteroatoms. The number of rotatable bonds is 14. The maximum atomic E-state index is 14.1. The van der Waals surface area contributed by atoms with E-state index in [1.807, 2.05) is 20.8 Å². The number of terminal acetylenes is 1. The average Bonchev–Trinajstić information content (AvgIpc) is 3.86. The van der Waals surface area contributed by atoms with E-state index in [0.29, 0.717) is 19.4 Å². The van der Waals surface area contributed by atoms with Crippen molar-refractivity contribution in [2.24, 2.45) is 22.7 Å². The van der Waals surface area contributed by atoms with Gasteiger partial charge in [0.05, 0.1) is 34.2 Å². The zero-order chi connectivity index (χ0) is 36.6. The molecular weight excluding hydrogens is 646 g/mol. The summed E-state index contributed by atoms with van der Waals surface area (Å²) in [6.07, 6.45) is 11.5. The van der Waals surface area contributed by atoms with E-state index in [1.165, 1.54) is 6.08 Å². The monoisotopic (exact) mass is 703 g/mol. The van der Waals surface area contributed by atoms with Crippen LogP contribution in [-0.2, 0) is 24.2 Å². The molecule has 274 valence electrons. The van der Waals surface area contributed by atoms with Crippen LogP contribution in [0.1, 0.15) is 99.3 Å². The molecule has 4 rings (SSSR count). The molecule has 0 bridgehead atoms. The second-order valence-electron chi connectivity index (χ2n) is 16.7. The van der Waals surface area contributed by atoms with E-state index in [4.69, 9.17) is 6.42 Å². The lowest BCUT2D eigenvalue weighted by Gasteiger charge is -2.44. The lowest BCUT2D eigenvalue weighted by molar-refractivity contribution is -0.142. The quantitative estimate of drug-likeness (QED) is 0.104. The van der Waals surface area contributed by atoms with E-state index in [0.717, 1.165) is 32.1 Å². The number of hydrogen-bond donors (Lipinski definition) is 5. The van der Waals surface area contributed by atoms with Gasteiger partial charge in [0.2, 0.25) is 11.7 Å². The molecule has 0 aromatic carbocycles. The minimum absolute atomic E-state index is 0.0253. The largest absolute Gasteiger partial charge is 0.376 e. The average molecular weight is 704 g/mol.